The normalized spacial score (nSPS) is 9.64. The maximum Gasteiger partial charge on any atom is 0.233 e. The highest BCUT2D eigenvalue weighted by Crippen LogP contribution is 2.24. The predicted octanol–water partition coefficient (Wildman–Crippen LogP) is 1.92. The number of nitrogen functional groups attached to an aromatic ring is 1. The van der Waals surface area contributed by atoms with Crippen LogP contribution in [0.4, 0.5) is 5.82 Å². The molecule has 0 saturated carbocycles. The first-order valence-corrected chi connectivity index (χ1v) is 7.57. The van der Waals surface area contributed by atoms with Crippen LogP contribution in [0.1, 0.15) is 25.0 Å². The topological polar surface area (TPSA) is 107 Å². The third-order valence-electron chi connectivity index (χ3n) is 2.79. The average Bonchev–Trinajstić information content (AvgIpc) is 2.50. The molecule has 6 nitrogen and oxygen atoms in total. The number of nitrogens with two attached hydrogens (primary N) is 1. The van der Waals surface area contributed by atoms with E-state index in [4.69, 9.17) is 16.3 Å². The molecule has 1 heterocycles. The van der Waals surface area contributed by atoms with Crippen LogP contribution < -0.4 is 5.73 Å². The van der Waals surface area contributed by atoms with Crippen LogP contribution in [0, 0.1) is 22.7 Å². The monoisotopic (exact) mass is 315 g/mol. The molecule has 0 aliphatic heterocycles. The van der Waals surface area contributed by atoms with Gasteiger partial charge >= 0.3 is 0 Å². The number of pyridine rings is 1. The molecule has 1 aromatic heterocycles. The van der Waals surface area contributed by atoms with Gasteiger partial charge in [0.1, 0.15) is 23.0 Å². The second-order valence-electron chi connectivity index (χ2n) is 4.65. The summed E-state index contributed by atoms with van der Waals surface area (Å²) in [5.74, 6) is 0.142. The molecule has 0 aromatic carbocycles. The first kappa shape index (κ1) is 17.5. The number of nitriles is 2. The largest absolute Gasteiger partial charge is 0.383 e. The van der Waals surface area contributed by atoms with Crippen LogP contribution in [0.25, 0.3) is 0 Å². The summed E-state index contributed by atoms with van der Waals surface area (Å²) in [6, 6.07) is 5.24. The van der Waals surface area contributed by atoms with E-state index >= 15 is 0 Å². The van der Waals surface area contributed by atoms with Crippen molar-refractivity contribution in [2.24, 2.45) is 0 Å². The average molecular weight is 315 g/mol. The van der Waals surface area contributed by atoms with Gasteiger partial charge in [-0.2, -0.15) is 10.5 Å². The van der Waals surface area contributed by atoms with Crippen molar-refractivity contribution in [3.63, 3.8) is 0 Å². The highest BCUT2D eigenvalue weighted by molar-refractivity contribution is 8.00. The molecular formula is C15H17N5OS. The summed E-state index contributed by atoms with van der Waals surface area (Å²) in [6.07, 6.45) is 0. The van der Waals surface area contributed by atoms with Crippen molar-refractivity contribution in [1.82, 2.24) is 9.88 Å². The van der Waals surface area contributed by atoms with E-state index in [0.29, 0.717) is 18.1 Å². The minimum absolute atomic E-state index is 0.0609. The predicted molar refractivity (Wildman–Crippen MR) is 85.9 cm³/mol. The number of carbonyl (C=O) groups is 1. The standard InChI is InChI=1S/C15H17N5OS/c1-4-20(8-10(2)3)13(21)9-22-15-12(7-17)5-11(6-16)14(18)19-15/h5H,2,4,8-9H2,1,3H3,(H2,18,19). The molecule has 0 aliphatic carbocycles. The number of hydrogen-bond donors (Lipinski definition) is 1. The van der Waals surface area contributed by atoms with Crippen molar-refractivity contribution in [3.8, 4) is 12.1 Å². The lowest BCUT2D eigenvalue weighted by Gasteiger charge is -2.20. The van der Waals surface area contributed by atoms with Crippen LogP contribution in [0.5, 0.6) is 0 Å². The Hall–Kier alpha value is -2.51. The Morgan fingerprint density at radius 1 is 1.45 bits per heavy atom. The maximum absolute atomic E-state index is 12.2. The Morgan fingerprint density at radius 3 is 2.59 bits per heavy atom. The fourth-order valence-corrected chi connectivity index (χ4v) is 2.58. The third kappa shape index (κ3) is 4.51. The Labute approximate surface area is 134 Å². The summed E-state index contributed by atoms with van der Waals surface area (Å²) in [4.78, 5) is 17.9. The van der Waals surface area contributed by atoms with Crippen LogP contribution in [0.2, 0.25) is 0 Å². The van der Waals surface area contributed by atoms with Gasteiger partial charge in [0.25, 0.3) is 0 Å². The second kappa shape index (κ2) is 8.06. The van der Waals surface area contributed by atoms with Crippen LogP contribution in [-0.4, -0.2) is 34.6 Å². The van der Waals surface area contributed by atoms with Gasteiger partial charge in [0, 0.05) is 13.1 Å². The molecule has 0 spiro atoms. The number of rotatable bonds is 6. The lowest BCUT2D eigenvalue weighted by molar-refractivity contribution is -0.127. The van der Waals surface area contributed by atoms with Gasteiger partial charge in [-0.3, -0.25) is 4.79 Å². The molecule has 1 rings (SSSR count). The van der Waals surface area contributed by atoms with E-state index in [1.807, 2.05) is 26.0 Å². The molecule has 0 saturated heterocycles. The molecule has 0 unspecified atom stereocenters. The molecule has 114 valence electrons. The van der Waals surface area contributed by atoms with E-state index in [1.54, 1.807) is 4.90 Å². The zero-order valence-corrected chi connectivity index (χ0v) is 13.4. The molecule has 0 bridgehead atoms. The maximum atomic E-state index is 12.2. The molecule has 0 fully saturated rings. The smallest absolute Gasteiger partial charge is 0.233 e. The molecule has 2 N–H and O–H groups in total. The Kier molecular flexibility index (Phi) is 6.43. The van der Waals surface area contributed by atoms with E-state index in [9.17, 15) is 4.79 Å². The number of hydrogen-bond acceptors (Lipinski definition) is 6. The highest BCUT2D eigenvalue weighted by atomic mass is 32.2. The second-order valence-corrected chi connectivity index (χ2v) is 5.62. The van der Waals surface area contributed by atoms with Crippen LogP contribution >= 0.6 is 11.8 Å². The summed E-state index contributed by atoms with van der Waals surface area (Å²) in [7, 11) is 0. The zero-order valence-electron chi connectivity index (χ0n) is 12.6. The lowest BCUT2D eigenvalue weighted by atomic mass is 10.2. The van der Waals surface area contributed by atoms with E-state index in [-0.39, 0.29) is 28.6 Å². The quantitative estimate of drug-likeness (QED) is 0.635. The summed E-state index contributed by atoms with van der Waals surface area (Å²) >= 11 is 1.14. The minimum atomic E-state index is -0.0656. The Balaban J connectivity index is 2.86. The van der Waals surface area contributed by atoms with Crippen molar-refractivity contribution in [2.45, 2.75) is 18.9 Å². The number of likely N-dealkylation sites (N-methyl/N-ethyl adjacent to an activating group) is 1. The first-order chi connectivity index (χ1) is 10.4. The highest BCUT2D eigenvalue weighted by Gasteiger charge is 2.15. The minimum Gasteiger partial charge on any atom is -0.383 e. The van der Waals surface area contributed by atoms with Crippen LogP contribution in [0.15, 0.2) is 23.2 Å². The van der Waals surface area contributed by atoms with Gasteiger partial charge in [-0.15, -0.1) is 0 Å². The molecule has 1 amide bonds. The molecule has 7 heteroatoms. The van der Waals surface area contributed by atoms with Crippen molar-refractivity contribution in [2.75, 3.05) is 24.6 Å². The fourth-order valence-electron chi connectivity index (χ4n) is 1.71. The van der Waals surface area contributed by atoms with Crippen molar-refractivity contribution in [1.29, 1.82) is 10.5 Å². The van der Waals surface area contributed by atoms with Crippen molar-refractivity contribution < 1.29 is 4.79 Å². The SMILES string of the molecule is C=C(C)CN(CC)C(=O)CSc1nc(N)c(C#N)cc1C#N. The number of thioether (sulfide) groups is 1. The molecule has 0 aliphatic rings. The number of anilines is 1. The number of aromatic nitrogens is 1. The molecule has 0 radical (unpaired) electrons. The van der Waals surface area contributed by atoms with Gasteiger partial charge < -0.3 is 10.6 Å². The zero-order chi connectivity index (χ0) is 16.7. The van der Waals surface area contributed by atoms with Crippen molar-refractivity contribution in [3.05, 3.63) is 29.3 Å². The fraction of sp³-hybridized carbons (Fsp3) is 0.333. The van der Waals surface area contributed by atoms with Gasteiger partial charge in [0.05, 0.1) is 16.9 Å². The van der Waals surface area contributed by atoms with Crippen molar-refractivity contribution >= 4 is 23.5 Å². The summed E-state index contributed by atoms with van der Waals surface area (Å²) in [5.41, 5.74) is 6.95. The van der Waals surface area contributed by atoms with E-state index in [0.717, 1.165) is 17.3 Å². The van der Waals surface area contributed by atoms with Gasteiger partial charge in [-0.1, -0.05) is 23.9 Å². The van der Waals surface area contributed by atoms with Crippen LogP contribution in [-0.2, 0) is 4.79 Å². The summed E-state index contributed by atoms with van der Waals surface area (Å²) in [6.45, 7) is 8.64. The Bertz CT molecular complexity index is 672. The summed E-state index contributed by atoms with van der Waals surface area (Å²) < 4.78 is 0. The Morgan fingerprint density at radius 2 is 2.09 bits per heavy atom. The first-order valence-electron chi connectivity index (χ1n) is 6.58. The molecule has 0 atom stereocenters. The lowest BCUT2D eigenvalue weighted by Crippen LogP contribution is -2.33. The number of amides is 1. The van der Waals surface area contributed by atoms with Gasteiger partial charge in [0.2, 0.25) is 5.91 Å². The molecule has 22 heavy (non-hydrogen) atoms. The van der Waals surface area contributed by atoms with E-state index in [1.165, 1.54) is 6.07 Å². The number of nitrogens with zero attached hydrogens (tertiary/aromatic N) is 4. The van der Waals surface area contributed by atoms with Gasteiger partial charge in [-0.25, -0.2) is 4.98 Å². The molecule has 1 aromatic rings. The van der Waals surface area contributed by atoms with E-state index < -0.39 is 0 Å². The van der Waals surface area contributed by atoms with Gasteiger partial charge in [0.15, 0.2) is 0 Å². The van der Waals surface area contributed by atoms with Gasteiger partial charge in [-0.05, 0) is 19.9 Å². The third-order valence-corrected chi connectivity index (χ3v) is 3.76. The van der Waals surface area contributed by atoms with Crippen LogP contribution in [0.3, 0.4) is 0 Å². The summed E-state index contributed by atoms with van der Waals surface area (Å²) in [5, 5.41) is 18.3. The number of carbonyl (C=O) groups excluding carboxylic acids is 1. The van der Waals surface area contributed by atoms with E-state index in [2.05, 4.69) is 11.6 Å². The molecular weight excluding hydrogens is 298 g/mol.